The minimum absolute atomic E-state index is 0.255. The zero-order chi connectivity index (χ0) is 24.8. The van der Waals surface area contributed by atoms with Gasteiger partial charge in [0.2, 0.25) is 0 Å². The van der Waals surface area contributed by atoms with E-state index in [0.29, 0.717) is 40.1 Å². The van der Waals surface area contributed by atoms with Gasteiger partial charge in [-0.3, -0.25) is 9.59 Å². The number of carbonyl (C=O) groups is 1. The number of ether oxygens (including phenoxy) is 1. The summed E-state index contributed by atoms with van der Waals surface area (Å²) in [5, 5.41) is 7.53. The summed E-state index contributed by atoms with van der Waals surface area (Å²) in [4.78, 5) is 30.1. The van der Waals surface area contributed by atoms with E-state index in [-0.39, 0.29) is 18.0 Å². The SMILES string of the molecule is CCCc1nc2ccc(Br)cc2c(=O)n1N=Cc1ccccc1OCC(=O)Nc1ccc(F)cc1. The van der Waals surface area contributed by atoms with Crippen LogP contribution in [-0.4, -0.2) is 28.4 Å². The first kappa shape index (κ1) is 24.3. The average Bonchev–Trinajstić information content (AvgIpc) is 2.85. The third-order valence-electron chi connectivity index (χ3n) is 5.07. The first-order valence-corrected chi connectivity index (χ1v) is 11.8. The number of aryl methyl sites for hydroxylation is 1. The second kappa shape index (κ2) is 11.1. The Morgan fingerprint density at radius 2 is 1.94 bits per heavy atom. The van der Waals surface area contributed by atoms with Gasteiger partial charge in [-0.05, 0) is 61.0 Å². The zero-order valence-corrected chi connectivity index (χ0v) is 20.5. The molecule has 178 valence electrons. The van der Waals surface area contributed by atoms with Gasteiger partial charge in [-0.1, -0.05) is 35.0 Å². The molecular weight excluding hydrogens is 515 g/mol. The number of hydrogen-bond acceptors (Lipinski definition) is 5. The van der Waals surface area contributed by atoms with Gasteiger partial charge in [0.05, 0.1) is 17.1 Å². The number of carbonyl (C=O) groups excluding carboxylic acids is 1. The van der Waals surface area contributed by atoms with Crippen molar-refractivity contribution in [3.8, 4) is 5.75 Å². The predicted molar refractivity (Wildman–Crippen MR) is 138 cm³/mol. The number of para-hydroxylation sites is 1. The van der Waals surface area contributed by atoms with Crippen LogP contribution in [0.25, 0.3) is 10.9 Å². The minimum atomic E-state index is -0.394. The highest BCUT2D eigenvalue weighted by Gasteiger charge is 2.11. The largest absolute Gasteiger partial charge is 0.483 e. The van der Waals surface area contributed by atoms with Crippen molar-refractivity contribution in [1.29, 1.82) is 0 Å². The Kier molecular flexibility index (Phi) is 7.67. The van der Waals surface area contributed by atoms with Crippen molar-refractivity contribution in [1.82, 2.24) is 9.66 Å². The van der Waals surface area contributed by atoms with Gasteiger partial charge in [-0.25, -0.2) is 9.37 Å². The van der Waals surface area contributed by atoms with Crippen LogP contribution < -0.4 is 15.6 Å². The number of aromatic nitrogens is 2. The Bertz CT molecular complexity index is 1450. The summed E-state index contributed by atoms with van der Waals surface area (Å²) in [6.45, 7) is 1.75. The van der Waals surface area contributed by atoms with Crippen molar-refractivity contribution in [2.24, 2.45) is 5.10 Å². The van der Waals surface area contributed by atoms with Crippen LogP contribution in [0, 0.1) is 5.82 Å². The van der Waals surface area contributed by atoms with Crippen molar-refractivity contribution >= 4 is 44.6 Å². The van der Waals surface area contributed by atoms with Crippen LogP contribution in [0.5, 0.6) is 5.75 Å². The Balaban J connectivity index is 1.56. The van der Waals surface area contributed by atoms with E-state index in [2.05, 4.69) is 31.3 Å². The highest BCUT2D eigenvalue weighted by atomic mass is 79.9. The van der Waals surface area contributed by atoms with Gasteiger partial charge in [0.1, 0.15) is 17.4 Å². The number of nitrogens with one attached hydrogen (secondary N) is 1. The second-order valence-electron chi connectivity index (χ2n) is 7.68. The lowest BCUT2D eigenvalue weighted by Gasteiger charge is -2.11. The Hall–Kier alpha value is -3.85. The van der Waals surface area contributed by atoms with E-state index in [9.17, 15) is 14.0 Å². The van der Waals surface area contributed by atoms with Crippen LogP contribution in [0.15, 0.2) is 81.1 Å². The Labute approximate surface area is 209 Å². The summed E-state index contributed by atoms with van der Waals surface area (Å²) in [7, 11) is 0. The third kappa shape index (κ3) is 5.99. The molecule has 4 aromatic rings. The molecule has 1 amide bonds. The van der Waals surface area contributed by atoms with Crippen LogP contribution in [0.1, 0.15) is 24.7 Å². The number of rotatable bonds is 8. The molecule has 0 saturated carbocycles. The van der Waals surface area contributed by atoms with Crippen LogP contribution in [0.3, 0.4) is 0 Å². The summed E-state index contributed by atoms with van der Waals surface area (Å²) in [6, 6.07) is 17.9. The van der Waals surface area contributed by atoms with E-state index in [4.69, 9.17) is 4.74 Å². The lowest BCUT2D eigenvalue weighted by atomic mass is 10.2. The van der Waals surface area contributed by atoms with Gasteiger partial charge in [0, 0.05) is 22.1 Å². The van der Waals surface area contributed by atoms with E-state index in [0.717, 1.165) is 10.9 Å². The normalized spacial score (nSPS) is 11.2. The van der Waals surface area contributed by atoms with Crippen LogP contribution in [-0.2, 0) is 11.2 Å². The molecule has 0 saturated heterocycles. The highest BCUT2D eigenvalue weighted by Crippen LogP contribution is 2.18. The minimum Gasteiger partial charge on any atom is -0.483 e. The van der Waals surface area contributed by atoms with E-state index < -0.39 is 5.91 Å². The maximum absolute atomic E-state index is 13.2. The molecule has 0 atom stereocenters. The summed E-state index contributed by atoms with van der Waals surface area (Å²) < 4.78 is 20.8. The Morgan fingerprint density at radius 1 is 1.17 bits per heavy atom. The quantitative estimate of drug-likeness (QED) is 0.315. The molecule has 0 spiro atoms. The third-order valence-corrected chi connectivity index (χ3v) is 5.56. The molecular formula is C26H22BrFN4O3. The molecule has 0 bridgehead atoms. The van der Waals surface area contributed by atoms with Gasteiger partial charge in [-0.15, -0.1) is 0 Å². The molecule has 0 radical (unpaired) electrons. The monoisotopic (exact) mass is 536 g/mol. The molecule has 4 rings (SSSR count). The fourth-order valence-corrected chi connectivity index (χ4v) is 3.77. The Morgan fingerprint density at radius 3 is 2.71 bits per heavy atom. The van der Waals surface area contributed by atoms with Gasteiger partial charge in [-0.2, -0.15) is 9.78 Å². The first-order chi connectivity index (χ1) is 16.9. The van der Waals surface area contributed by atoms with E-state index >= 15 is 0 Å². The van der Waals surface area contributed by atoms with Crippen molar-refractivity contribution in [3.63, 3.8) is 0 Å². The molecule has 0 aliphatic rings. The van der Waals surface area contributed by atoms with Crippen LogP contribution >= 0.6 is 15.9 Å². The summed E-state index contributed by atoms with van der Waals surface area (Å²) in [5.74, 6) is 0.199. The van der Waals surface area contributed by atoms with Gasteiger partial charge in [0.25, 0.3) is 11.5 Å². The molecule has 7 nitrogen and oxygen atoms in total. The van der Waals surface area contributed by atoms with E-state index in [1.54, 1.807) is 36.4 Å². The van der Waals surface area contributed by atoms with Crippen molar-refractivity contribution in [3.05, 3.63) is 98.8 Å². The maximum atomic E-state index is 13.2. The molecule has 1 N–H and O–H groups in total. The van der Waals surface area contributed by atoms with Gasteiger partial charge >= 0.3 is 0 Å². The number of halogens is 2. The predicted octanol–water partition coefficient (Wildman–Crippen LogP) is 5.15. The molecule has 1 aromatic heterocycles. The summed E-state index contributed by atoms with van der Waals surface area (Å²) in [6.07, 6.45) is 2.90. The summed E-state index contributed by atoms with van der Waals surface area (Å²) >= 11 is 3.40. The average molecular weight is 537 g/mol. The number of hydrogen-bond donors (Lipinski definition) is 1. The summed E-state index contributed by atoms with van der Waals surface area (Å²) in [5.41, 5.74) is 1.40. The van der Waals surface area contributed by atoms with Crippen LogP contribution in [0.2, 0.25) is 0 Å². The number of fused-ring (bicyclic) bond motifs is 1. The van der Waals surface area contributed by atoms with Crippen molar-refractivity contribution in [2.75, 3.05) is 11.9 Å². The number of nitrogens with zero attached hydrogens (tertiary/aromatic N) is 3. The maximum Gasteiger partial charge on any atom is 0.282 e. The molecule has 3 aromatic carbocycles. The number of amides is 1. The van der Waals surface area contributed by atoms with E-state index in [1.165, 1.54) is 35.2 Å². The topological polar surface area (TPSA) is 85.6 Å². The lowest BCUT2D eigenvalue weighted by Crippen LogP contribution is -2.22. The van der Waals surface area contributed by atoms with Gasteiger partial charge in [0.15, 0.2) is 6.61 Å². The van der Waals surface area contributed by atoms with E-state index in [1.807, 2.05) is 13.0 Å². The fraction of sp³-hybridized carbons (Fsp3) is 0.154. The zero-order valence-electron chi connectivity index (χ0n) is 18.9. The second-order valence-corrected chi connectivity index (χ2v) is 8.60. The van der Waals surface area contributed by atoms with Crippen molar-refractivity contribution < 1.29 is 13.9 Å². The number of benzene rings is 3. The molecule has 0 aliphatic heterocycles. The lowest BCUT2D eigenvalue weighted by molar-refractivity contribution is -0.118. The molecule has 0 unspecified atom stereocenters. The van der Waals surface area contributed by atoms with Gasteiger partial charge < -0.3 is 10.1 Å². The van der Waals surface area contributed by atoms with Crippen molar-refractivity contribution in [2.45, 2.75) is 19.8 Å². The molecule has 0 fully saturated rings. The smallest absolute Gasteiger partial charge is 0.282 e. The molecule has 9 heteroatoms. The van der Waals surface area contributed by atoms with Crippen LogP contribution in [0.4, 0.5) is 10.1 Å². The fourth-order valence-electron chi connectivity index (χ4n) is 3.41. The molecule has 35 heavy (non-hydrogen) atoms. The molecule has 0 aliphatic carbocycles. The standard InChI is InChI=1S/C26H22BrFN4O3/c1-2-5-24-31-22-13-8-18(27)14-21(22)26(34)32(24)29-15-17-6-3-4-7-23(17)35-16-25(33)30-20-11-9-19(28)10-12-20/h3-4,6-15H,2,5,16H2,1H3,(H,30,33). The number of anilines is 1. The first-order valence-electron chi connectivity index (χ1n) is 11.0. The molecule has 1 heterocycles. The highest BCUT2D eigenvalue weighted by molar-refractivity contribution is 9.10.